The van der Waals surface area contributed by atoms with Crippen molar-refractivity contribution in [1.82, 2.24) is 0 Å². The molecule has 0 unspecified atom stereocenters. The molecule has 0 saturated heterocycles. The highest BCUT2D eigenvalue weighted by molar-refractivity contribution is 7.80. The molecule has 0 bridgehead atoms. The molecule has 3 nitrogen and oxygen atoms in total. The first-order valence-corrected chi connectivity index (χ1v) is 4.06. The standard InChI is InChI=1S/C9H6FNO2S/c1-13-9(12)6-3-2-5(4-11)8(14)7(6)10/h2-3,14H,1H3. The number of carbonyl (C=O) groups excluding carboxylic acids is 1. The van der Waals surface area contributed by atoms with Crippen LogP contribution in [0.25, 0.3) is 0 Å². The summed E-state index contributed by atoms with van der Waals surface area (Å²) in [5.41, 5.74) is -0.144. The minimum Gasteiger partial charge on any atom is -0.465 e. The minimum atomic E-state index is -0.834. The molecule has 0 aliphatic heterocycles. The summed E-state index contributed by atoms with van der Waals surface area (Å²) in [4.78, 5) is 10.9. The molecule has 14 heavy (non-hydrogen) atoms. The van der Waals surface area contributed by atoms with Gasteiger partial charge in [0.2, 0.25) is 0 Å². The van der Waals surface area contributed by atoms with E-state index in [0.717, 1.165) is 7.11 Å². The molecule has 1 aromatic rings. The van der Waals surface area contributed by atoms with Crippen molar-refractivity contribution < 1.29 is 13.9 Å². The van der Waals surface area contributed by atoms with Crippen LogP contribution in [0.4, 0.5) is 4.39 Å². The van der Waals surface area contributed by atoms with E-state index >= 15 is 0 Å². The Labute approximate surface area is 85.5 Å². The molecule has 0 spiro atoms. The Hall–Kier alpha value is -1.54. The van der Waals surface area contributed by atoms with Gasteiger partial charge in [-0.2, -0.15) is 5.26 Å². The van der Waals surface area contributed by atoms with E-state index in [4.69, 9.17) is 5.26 Å². The predicted molar refractivity (Wildman–Crippen MR) is 49.7 cm³/mol. The number of carbonyl (C=O) groups is 1. The summed E-state index contributed by atoms with van der Waals surface area (Å²) in [5, 5.41) is 8.55. The zero-order chi connectivity index (χ0) is 10.7. The summed E-state index contributed by atoms with van der Waals surface area (Å²) in [6.07, 6.45) is 0. The maximum atomic E-state index is 13.4. The topological polar surface area (TPSA) is 50.1 Å². The number of benzene rings is 1. The van der Waals surface area contributed by atoms with Gasteiger partial charge in [-0.1, -0.05) is 0 Å². The molecule has 0 N–H and O–H groups in total. The second kappa shape index (κ2) is 4.11. The molecule has 0 heterocycles. The van der Waals surface area contributed by atoms with Crippen LogP contribution in [0.15, 0.2) is 17.0 Å². The van der Waals surface area contributed by atoms with E-state index < -0.39 is 11.8 Å². The second-order valence-electron chi connectivity index (χ2n) is 2.43. The van der Waals surface area contributed by atoms with E-state index in [1.54, 1.807) is 6.07 Å². The first-order valence-electron chi connectivity index (χ1n) is 3.61. The quantitative estimate of drug-likeness (QED) is 0.569. The Morgan fingerprint density at radius 2 is 2.29 bits per heavy atom. The molecular formula is C9H6FNO2S. The van der Waals surface area contributed by atoms with Gasteiger partial charge in [-0.25, -0.2) is 9.18 Å². The summed E-state index contributed by atoms with van der Waals surface area (Å²) >= 11 is 3.79. The van der Waals surface area contributed by atoms with Crippen molar-refractivity contribution in [3.63, 3.8) is 0 Å². The summed E-state index contributed by atoms with van der Waals surface area (Å²) in [7, 11) is 1.15. The predicted octanol–water partition coefficient (Wildman–Crippen LogP) is 1.77. The Bertz CT molecular complexity index is 426. The van der Waals surface area contributed by atoms with Gasteiger partial charge in [0.1, 0.15) is 6.07 Å². The highest BCUT2D eigenvalue weighted by Gasteiger charge is 2.16. The molecule has 0 radical (unpaired) electrons. The van der Waals surface area contributed by atoms with Gasteiger partial charge in [0.25, 0.3) is 0 Å². The minimum absolute atomic E-state index is 0.0819. The largest absolute Gasteiger partial charge is 0.465 e. The van der Waals surface area contributed by atoms with Crippen LogP contribution < -0.4 is 0 Å². The molecule has 72 valence electrons. The number of thiol groups is 1. The zero-order valence-corrected chi connectivity index (χ0v) is 8.14. The molecule has 0 amide bonds. The Morgan fingerprint density at radius 1 is 1.64 bits per heavy atom. The average molecular weight is 211 g/mol. The van der Waals surface area contributed by atoms with Gasteiger partial charge in [0, 0.05) is 0 Å². The summed E-state index contributed by atoms with van der Waals surface area (Å²) in [6.45, 7) is 0. The fraction of sp³-hybridized carbons (Fsp3) is 0.111. The van der Waals surface area contributed by atoms with Crippen LogP contribution in [0, 0.1) is 17.1 Å². The third-order valence-corrected chi connectivity index (χ3v) is 2.08. The Morgan fingerprint density at radius 3 is 2.79 bits per heavy atom. The van der Waals surface area contributed by atoms with E-state index in [0.29, 0.717) is 0 Å². The highest BCUT2D eigenvalue weighted by Crippen LogP contribution is 2.21. The number of rotatable bonds is 1. The van der Waals surface area contributed by atoms with Gasteiger partial charge in [0.05, 0.1) is 23.1 Å². The first kappa shape index (κ1) is 10.5. The van der Waals surface area contributed by atoms with E-state index in [-0.39, 0.29) is 16.0 Å². The monoisotopic (exact) mass is 211 g/mol. The molecule has 0 fully saturated rings. The van der Waals surface area contributed by atoms with Crippen molar-refractivity contribution >= 4 is 18.6 Å². The van der Waals surface area contributed by atoms with Gasteiger partial charge in [-0.15, -0.1) is 12.6 Å². The lowest BCUT2D eigenvalue weighted by Gasteiger charge is -2.03. The van der Waals surface area contributed by atoms with Gasteiger partial charge >= 0.3 is 5.97 Å². The third-order valence-electron chi connectivity index (χ3n) is 1.64. The van der Waals surface area contributed by atoms with Crippen LogP contribution in [0.3, 0.4) is 0 Å². The van der Waals surface area contributed by atoms with Gasteiger partial charge in [-0.3, -0.25) is 0 Å². The fourth-order valence-corrected chi connectivity index (χ4v) is 1.17. The Balaban J connectivity index is 3.33. The van der Waals surface area contributed by atoms with Crippen LogP contribution in [0.5, 0.6) is 0 Å². The van der Waals surface area contributed by atoms with Crippen molar-refractivity contribution in [3.8, 4) is 6.07 Å². The first-order chi connectivity index (χ1) is 6.61. The maximum absolute atomic E-state index is 13.4. The smallest absolute Gasteiger partial charge is 0.340 e. The third kappa shape index (κ3) is 1.70. The number of nitriles is 1. The van der Waals surface area contributed by atoms with Crippen LogP contribution in [-0.4, -0.2) is 13.1 Å². The highest BCUT2D eigenvalue weighted by atomic mass is 32.1. The molecular weight excluding hydrogens is 205 g/mol. The summed E-state index contributed by atoms with van der Waals surface area (Å²) < 4.78 is 17.7. The molecule has 5 heteroatoms. The van der Waals surface area contributed by atoms with Crippen molar-refractivity contribution in [2.45, 2.75) is 4.90 Å². The van der Waals surface area contributed by atoms with Crippen LogP contribution in [0.1, 0.15) is 15.9 Å². The lowest BCUT2D eigenvalue weighted by molar-refractivity contribution is 0.0595. The SMILES string of the molecule is COC(=O)c1ccc(C#N)c(S)c1F. The van der Waals surface area contributed by atoms with Crippen LogP contribution in [-0.2, 0) is 4.74 Å². The second-order valence-corrected chi connectivity index (χ2v) is 2.87. The molecule has 0 aliphatic rings. The molecule has 0 atom stereocenters. The van der Waals surface area contributed by atoms with Gasteiger partial charge in [0.15, 0.2) is 5.82 Å². The van der Waals surface area contributed by atoms with Gasteiger partial charge in [-0.05, 0) is 12.1 Å². The van der Waals surface area contributed by atoms with Crippen molar-refractivity contribution in [3.05, 3.63) is 29.1 Å². The van der Waals surface area contributed by atoms with Gasteiger partial charge < -0.3 is 4.74 Å². The van der Waals surface area contributed by atoms with Crippen LogP contribution >= 0.6 is 12.6 Å². The van der Waals surface area contributed by atoms with Crippen molar-refractivity contribution in [2.75, 3.05) is 7.11 Å². The number of ether oxygens (including phenoxy) is 1. The fourth-order valence-electron chi connectivity index (χ4n) is 0.922. The maximum Gasteiger partial charge on any atom is 0.340 e. The lowest BCUT2D eigenvalue weighted by Crippen LogP contribution is -2.05. The number of halogens is 1. The zero-order valence-electron chi connectivity index (χ0n) is 7.24. The average Bonchev–Trinajstić information content (AvgIpc) is 2.21. The summed E-state index contributed by atoms with van der Waals surface area (Å²) in [5.74, 6) is -1.62. The number of hydrogen-bond donors (Lipinski definition) is 1. The van der Waals surface area contributed by atoms with Crippen LogP contribution in [0.2, 0.25) is 0 Å². The molecule has 1 aromatic carbocycles. The molecule has 0 saturated carbocycles. The molecule has 1 rings (SSSR count). The van der Waals surface area contributed by atoms with E-state index in [9.17, 15) is 9.18 Å². The number of hydrogen-bond acceptors (Lipinski definition) is 4. The lowest BCUT2D eigenvalue weighted by atomic mass is 10.1. The normalized spacial score (nSPS) is 9.29. The number of esters is 1. The van der Waals surface area contributed by atoms with Crippen molar-refractivity contribution in [2.24, 2.45) is 0 Å². The summed E-state index contributed by atoms with van der Waals surface area (Å²) in [6, 6.07) is 4.26. The molecule has 0 aromatic heterocycles. The van der Waals surface area contributed by atoms with Crippen molar-refractivity contribution in [1.29, 1.82) is 5.26 Å². The van der Waals surface area contributed by atoms with E-state index in [1.165, 1.54) is 12.1 Å². The number of methoxy groups -OCH3 is 1. The molecule has 0 aliphatic carbocycles. The number of nitrogens with zero attached hydrogens (tertiary/aromatic N) is 1. The van der Waals surface area contributed by atoms with E-state index in [2.05, 4.69) is 17.4 Å². The van der Waals surface area contributed by atoms with E-state index in [1.807, 2.05) is 0 Å². The Kier molecular flexibility index (Phi) is 3.10.